The summed E-state index contributed by atoms with van der Waals surface area (Å²) < 4.78 is 13.8. The minimum absolute atomic E-state index is 0.166. The van der Waals surface area contributed by atoms with Gasteiger partial charge in [0.15, 0.2) is 0 Å². The number of carbonyl (C=O) groups is 2. The van der Waals surface area contributed by atoms with Gasteiger partial charge in [-0.3, -0.25) is 19.7 Å². The van der Waals surface area contributed by atoms with E-state index in [4.69, 9.17) is 0 Å². The number of benzene rings is 1. The van der Waals surface area contributed by atoms with E-state index in [0.717, 1.165) is 5.56 Å². The molecule has 0 spiro atoms. The summed E-state index contributed by atoms with van der Waals surface area (Å²) in [5.74, 6) is -0.786. The van der Waals surface area contributed by atoms with Gasteiger partial charge in [-0.05, 0) is 42.8 Å². The van der Waals surface area contributed by atoms with Crippen molar-refractivity contribution in [3.05, 3.63) is 71.4 Å². The number of hydrogen-bond donors (Lipinski definition) is 1. The van der Waals surface area contributed by atoms with Crippen LogP contribution in [0.15, 0.2) is 48.8 Å². The Balaban J connectivity index is 1.39. The molecule has 1 aliphatic heterocycles. The summed E-state index contributed by atoms with van der Waals surface area (Å²) in [6.07, 6.45) is 3.36. The van der Waals surface area contributed by atoms with Crippen molar-refractivity contribution in [3.63, 3.8) is 0 Å². The van der Waals surface area contributed by atoms with Gasteiger partial charge in [0.05, 0.1) is 5.69 Å². The standard InChI is InChI=1S/C21H20FN5O2/c1-14-4-5-15(11-17(14)22)20(28)26-7-9-27(10-8-26)21(29)19-12-18(24-25-19)16-3-2-6-23-13-16/h2-6,11-13H,7-10H2,1H3,(H,24,25). The zero-order valence-corrected chi connectivity index (χ0v) is 15.9. The van der Waals surface area contributed by atoms with Crippen LogP contribution in [-0.4, -0.2) is 63.0 Å². The number of nitrogens with zero attached hydrogens (tertiary/aromatic N) is 4. The molecule has 7 nitrogen and oxygen atoms in total. The Hall–Kier alpha value is -3.55. The van der Waals surface area contributed by atoms with E-state index in [1.54, 1.807) is 47.3 Å². The number of H-pyrrole nitrogens is 1. The Kier molecular flexibility index (Phi) is 5.07. The maximum Gasteiger partial charge on any atom is 0.272 e. The van der Waals surface area contributed by atoms with Crippen molar-refractivity contribution in [1.82, 2.24) is 25.0 Å². The number of aryl methyl sites for hydroxylation is 1. The summed E-state index contributed by atoms with van der Waals surface area (Å²) in [6, 6.07) is 9.87. The quantitative estimate of drug-likeness (QED) is 0.741. The SMILES string of the molecule is Cc1ccc(C(=O)N2CCN(C(=O)c3cc(-c4cccnc4)n[nH]3)CC2)cc1F. The number of rotatable bonds is 3. The average molecular weight is 393 g/mol. The third-order valence-corrected chi connectivity index (χ3v) is 5.04. The molecule has 1 fully saturated rings. The van der Waals surface area contributed by atoms with Crippen LogP contribution < -0.4 is 0 Å². The monoisotopic (exact) mass is 393 g/mol. The van der Waals surface area contributed by atoms with Crippen LogP contribution in [0.25, 0.3) is 11.3 Å². The Morgan fingerprint density at radius 1 is 1.03 bits per heavy atom. The van der Waals surface area contributed by atoms with Crippen molar-refractivity contribution < 1.29 is 14.0 Å². The van der Waals surface area contributed by atoms with Gasteiger partial charge in [-0.25, -0.2) is 4.39 Å². The third kappa shape index (κ3) is 3.87. The summed E-state index contributed by atoms with van der Waals surface area (Å²) in [5, 5.41) is 6.97. The molecule has 1 N–H and O–H groups in total. The molecule has 0 bridgehead atoms. The zero-order chi connectivity index (χ0) is 20.4. The molecule has 1 saturated heterocycles. The van der Waals surface area contributed by atoms with Gasteiger partial charge in [-0.15, -0.1) is 0 Å². The van der Waals surface area contributed by atoms with Gasteiger partial charge in [-0.1, -0.05) is 6.07 Å². The van der Waals surface area contributed by atoms with Crippen LogP contribution in [0.1, 0.15) is 26.4 Å². The van der Waals surface area contributed by atoms with Crippen molar-refractivity contribution in [2.75, 3.05) is 26.2 Å². The molecule has 2 aromatic heterocycles. The van der Waals surface area contributed by atoms with Crippen molar-refractivity contribution in [2.24, 2.45) is 0 Å². The van der Waals surface area contributed by atoms with E-state index in [0.29, 0.717) is 48.7 Å². The first-order valence-electron chi connectivity index (χ1n) is 9.33. The van der Waals surface area contributed by atoms with E-state index in [1.165, 1.54) is 6.07 Å². The molecule has 29 heavy (non-hydrogen) atoms. The van der Waals surface area contributed by atoms with Crippen LogP contribution in [0.4, 0.5) is 4.39 Å². The highest BCUT2D eigenvalue weighted by Crippen LogP contribution is 2.18. The number of amides is 2. The molecule has 3 heterocycles. The highest BCUT2D eigenvalue weighted by Gasteiger charge is 2.26. The van der Waals surface area contributed by atoms with E-state index in [9.17, 15) is 14.0 Å². The molecule has 1 aromatic carbocycles. The molecule has 8 heteroatoms. The van der Waals surface area contributed by atoms with Crippen LogP contribution in [0, 0.1) is 12.7 Å². The lowest BCUT2D eigenvalue weighted by Gasteiger charge is -2.34. The first kappa shape index (κ1) is 18.8. The molecule has 2 amide bonds. The summed E-state index contributed by atoms with van der Waals surface area (Å²) in [4.78, 5) is 32.7. The average Bonchev–Trinajstić information content (AvgIpc) is 3.26. The number of pyridine rings is 1. The number of aromatic nitrogens is 3. The molecule has 3 aromatic rings. The van der Waals surface area contributed by atoms with E-state index >= 15 is 0 Å². The van der Waals surface area contributed by atoms with Gasteiger partial charge in [-0.2, -0.15) is 5.10 Å². The fourth-order valence-corrected chi connectivity index (χ4v) is 3.28. The Bertz CT molecular complexity index is 1040. The largest absolute Gasteiger partial charge is 0.335 e. The first-order valence-corrected chi connectivity index (χ1v) is 9.33. The summed E-state index contributed by atoms with van der Waals surface area (Å²) >= 11 is 0. The number of aromatic amines is 1. The zero-order valence-electron chi connectivity index (χ0n) is 15.9. The van der Waals surface area contributed by atoms with Crippen LogP contribution in [0.2, 0.25) is 0 Å². The van der Waals surface area contributed by atoms with Gasteiger partial charge < -0.3 is 9.80 Å². The number of nitrogens with one attached hydrogen (secondary N) is 1. The molecule has 0 saturated carbocycles. The highest BCUT2D eigenvalue weighted by molar-refractivity contribution is 5.95. The number of carbonyl (C=O) groups excluding carboxylic acids is 2. The maximum absolute atomic E-state index is 13.8. The molecule has 4 rings (SSSR count). The number of piperazine rings is 1. The van der Waals surface area contributed by atoms with E-state index < -0.39 is 5.82 Å². The second-order valence-electron chi connectivity index (χ2n) is 6.96. The van der Waals surface area contributed by atoms with Crippen molar-refractivity contribution in [2.45, 2.75) is 6.92 Å². The van der Waals surface area contributed by atoms with Gasteiger partial charge >= 0.3 is 0 Å². The maximum atomic E-state index is 13.8. The molecule has 1 aliphatic rings. The first-order chi connectivity index (χ1) is 14.0. The molecular formula is C21H20FN5O2. The van der Waals surface area contributed by atoms with Gasteiger partial charge in [0.1, 0.15) is 11.5 Å². The van der Waals surface area contributed by atoms with Gasteiger partial charge in [0.25, 0.3) is 11.8 Å². The molecule has 148 valence electrons. The lowest BCUT2D eigenvalue weighted by molar-refractivity contribution is 0.0532. The molecule has 0 aliphatic carbocycles. The predicted molar refractivity (Wildman–Crippen MR) is 105 cm³/mol. The minimum atomic E-state index is -0.395. The number of hydrogen-bond acceptors (Lipinski definition) is 4. The summed E-state index contributed by atoms with van der Waals surface area (Å²) in [5.41, 5.74) is 2.69. The fraction of sp³-hybridized carbons (Fsp3) is 0.238. The van der Waals surface area contributed by atoms with Crippen LogP contribution >= 0.6 is 0 Å². The Morgan fingerprint density at radius 3 is 2.41 bits per heavy atom. The molecular weight excluding hydrogens is 373 g/mol. The summed E-state index contributed by atoms with van der Waals surface area (Å²) in [6.45, 7) is 3.25. The fourth-order valence-electron chi connectivity index (χ4n) is 3.28. The van der Waals surface area contributed by atoms with Gasteiger partial charge in [0.2, 0.25) is 0 Å². The predicted octanol–water partition coefficient (Wildman–Crippen LogP) is 2.52. The number of halogens is 1. The lowest BCUT2D eigenvalue weighted by atomic mass is 10.1. The third-order valence-electron chi connectivity index (χ3n) is 5.04. The molecule has 0 unspecified atom stereocenters. The normalized spacial score (nSPS) is 14.1. The van der Waals surface area contributed by atoms with E-state index in [-0.39, 0.29) is 11.8 Å². The van der Waals surface area contributed by atoms with Crippen LogP contribution in [-0.2, 0) is 0 Å². The smallest absolute Gasteiger partial charge is 0.272 e. The second-order valence-corrected chi connectivity index (χ2v) is 6.96. The molecule has 0 atom stereocenters. The Labute approximate surface area is 167 Å². The highest BCUT2D eigenvalue weighted by atomic mass is 19.1. The Morgan fingerprint density at radius 2 is 1.76 bits per heavy atom. The summed E-state index contributed by atoms with van der Waals surface area (Å²) in [7, 11) is 0. The lowest BCUT2D eigenvalue weighted by Crippen LogP contribution is -2.50. The topological polar surface area (TPSA) is 82.2 Å². The van der Waals surface area contributed by atoms with Crippen molar-refractivity contribution in [1.29, 1.82) is 0 Å². The van der Waals surface area contributed by atoms with Crippen LogP contribution in [0.3, 0.4) is 0 Å². The molecule has 0 radical (unpaired) electrons. The van der Waals surface area contributed by atoms with Crippen LogP contribution in [0.5, 0.6) is 0 Å². The minimum Gasteiger partial charge on any atom is -0.335 e. The van der Waals surface area contributed by atoms with Crippen molar-refractivity contribution in [3.8, 4) is 11.3 Å². The second kappa shape index (κ2) is 7.83. The van der Waals surface area contributed by atoms with E-state index in [2.05, 4.69) is 15.2 Å². The van der Waals surface area contributed by atoms with Gasteiger partial charge in [0, 0.05) is 49.7 Å². The van der Waals surface area contributed by atoms with Crippen molar-refractivity contribution >= 4 is 11.8 Å². The van der Waals surface area contributed by atoms with E-state index in [1.807, 2.05) is 12.1 Å².